The molecule has 0 amide bonds. The lowest BCUT2D eigenvalue weighted by Gasteiger charge is -2.36. The van der Waals surface area contributed by atoms with Crippen LogP contribution in [0.15, 0.2) is 71.3 Å². The van der Waals surface area contributed by atoms with Crippen LogP contribution in [0.2, 0.25) is 0 Å². The summed E-state index contributed by atoms with van der Waals surface area (Å²) >= 11 is 0. The Labute approximate surface area is 205 Å². The van der Waals surface area contributed by atoms with Crippen molar-refractivity contribution < 1.29 is 28.6 Å². The van der Waals surface area contributed by atoms with E-state index in [2.05, 4.69) is 16.3 Å². The van der Waals surface area contributed by atoms with Crippen LogP contribution in [0, 0.1) is 11.3 Å². The van der Waals surface area contributed by atoms with Crippen LogP contribution < -0.4 is 10.6 Å². The highest BCUT2D eigenvalue weighted by molar-refractivity contribution is 6.08. The molecule has 0 saturated heterocycles. The zero-order valence-electron chi connectivity index (χ0n) is 19.6. The molecule has 0 spiro atoms. The van der Waals surface area contributed by atoms with Crippen molar-refractivity contribution in [3.63, 3.8) is 0 Å². The van der Waals surface area contributed by atoms with E-state index in [0.29, 0.717) is 16.5 Å². The van der Waals surface area contributed by atoms with Gasteiger partial charge in [0.2, 0.25) is 0 Å². The minimum atomic E-state index is -1.01. The summed E-state index contributed by atoms with van der Waals surface area (Å²) in [6, 6.07) is 13.7. The number of allylic oxidation sites excluding steroid dienone is 1. The van der Waals surface area contributed by atoms with Gasteiger partial charge in [-0.2, -0.15) is 10.4 Å². The Morgan fingerprint density at radius 3 is 2.31 bits per heavy atom. The first-order valence-corrected chi connectivity index (χ1v) is 10.6. The molecule has 1 aliphatic rings. The summed E-state index contributed by atoms with van der Waals surface area (Å²) < 4.78 is 14.9. The summed E-state index contributed by atoms with van der Waals surface area (Å²) in [6.45, 7) is 0. The molecule has 2 heterocycles. The van der Waals surface area contributed by atoms with Crippen molar-refractivity contribution in [2.45, 2.75) is 5.92 Å². The molecular formula is C25H21N5O6. The number of esters is 3. The normalized spacial score (nSPS) is 15.5. The number of nitrogens with one attached hydrogen (secondary N) is 1. The highest BCUT2D eigenvalue weighted by Gasteiger charge is 2.43. The monoisotopic (exact) mass is 487 g/mol. The second kappa shape index (κ2) is 9.63. The molecular weight excluding hydrogens is 466 g/mol. The molecule has 0 saturated carbocycles. The molecule has 182 valence electrons. The van der Waals surface area contributed by atoms with Crippen molar-refractivity contribution in [3.05, 3.63) is 82.5 Å². The number of H-pyrrole nitrogens is 1. The topological polar surface area (TPSA) is 161 Å². The van der Waals surface area contributed by atoms with E-state index in [1.54, 1.807) is 36.4 Å². The number of nitriles is 1. The number of benzene rings is 2. The molecule has 3 N–H and O–H groups in total. The fraction of sp³-hybridized carbons (Fsp3) is 0.160. The Bertz CT molecular complexity index is 1480. The molecule has 11 nitrogen and oxygen atoms in total. The molecule has 11 heteroatoms. The van der Waals surface area contributed by atoms with E-state index in [9.17, 15) is 19.6 Å². The predicted octanol–water partition coefficient (Wildman–Crippen LogP) is 2.25. The van der Waals surface area contributed by atoms with Gasteiger partial charge in [-0.15, -0.1) is 0 Å². The fourth-order valence-corrected chi connectivity index (χ4v) is 4.22. The van der Waals surface area contributed by atoms with E-state index < -0.39 is 23.8 Å². The molecule has 0 bridgehead atoms. The highest BCUT2D eigenvalue weighted by atomic mass is 16.5. The van der Waals surface area contributed by atoms with Crippen LogP contribution in [0.1, 0.15) is 21.8 Å². The lowest BCUT2D eigenvalue weighted by atomic mass is 9.81. The number of nitrogens with zero attached hydrogens (tertiary/aromatic N) is 3. The average Bonchev–Trinajstić information content (AvgIpc) is 3.39. The molecule has 0 fully saturated rings. The third-order valence-corrected chi connectivity index (χ3v) is 5.81. The van der Waals surface area contributed by atoms with Crippen molar-refractivity contribution in [1.29, 1.82) is 5.26 Å². The van der Waals surface area contributed by atoms with Crippen LogP contribution >= 0.6 is 0 Å². The summed E-state index contributed by atoms with van der Waals surface area (Å²) in [6.07, 6.45) is 1.47. The molecule has 4 rings (SSSR count). The predicted molar refractivity (Wildman–Crippen MR) is 127 cm³/mol. The maximum absolute atomic E-state index is 13.2. The molecule has 1 atom stereocenters. The third-order valence-electron chi connectivity index (χ3n) is 5.81. The number of methoxy groups -OCH3 is 3. The van der Waals surface area contributed by atoms with Gasteiger partial charge in [-0.05, 0) is 17.7 Å². The summed E-state index contributed by atoms with van der Waals surface area (Å²) in [5, 5.41) is 17.3. The summed E-state index contributed by atoms with van der Waals surface area (Å²) in [5.74, 6) is -3.56. The van der Waals surface area contributed by atoms with Gasteiger partial charge in [0.1, 0.15) is 11.5 Å². The van der Waals surface area contributed by atoms with Crippen LogP contribution in [-0.2, 0) is 23.8 Å². The van der Waals surface area contributed by atoms with Crippen molar-refractivity contribution in [3.8, 4) is 6.07 Å². The number of rotatable bonds is 5. The number of anilines is 1. The van der Waals surface area contributed by atoms with Crippen LogP contribution in [0.25, 0.3) is 10.9 Å². The van der Waals surface area contributed by atoms with Crippen molar-refractivity contribution in [2.75, 3.05) is 26.2 Å². The van der Waals surface area contributed by atoms with Gasteiger partial charge in [-0.25, -0.2) is 14.4 Å². The zero-order valence-corrected chi connectivity index (χ0v) is 19.6. The smallest absolute Gasteiger partial charge is 0.355 e. The first-order chi connectivity index (χ1) is 17.4. The average molecular weight is 487 g/mol. The third kappa shape index (κ3) is 3.80. The van der Waals surface area contributed by atoms with Crippen molar-refractivity contribution in [2.24, 2.45) is 5.73 Å². The van der Waals surface area contributed by atoms with Gasteiger partial charge in [0, 0.05) is 11.1 Å². The number of ether oxygens (including phenoxy) is 3. The first-order valence-electron chi connectivity index (χ1n) is 10.6. The largest absolute Gasteiger partial charge is 0.466 e. The van der Waals surface area contributed by atoms with Crippen molar-refractivity contribution in [1.82, 2.24) is 10.2 Å². The number of aromatic nitrogens is 2. The maximum atomic E-state index is 13.2. The minimum Gasteiger partial charge on any atom is -0.466 e. The summed E-state index contributed by atoms with van der Waals surface area (Å²) in [4.78, 5) is 40.1. The Balaban J connectivity index is 2.10. The van der Waals surface area contributed by atoms with E-state index in [-0.39, 0.29) is 33.9 Å². The number of aromatic amines is 1. The Morgan fingerprint density at radius 1 is 1.03 bits per heavy atom. The highest BCUT2D eigenvalue weighted by Crippen LogP contribution is 2.43. The van der Waals surface area contributed by atoms with E-state index in [0.717, 1.165) is 14.2 Å². The molecule has 1 aromatic heterocycles. The first kappa shape index (κ1) is 24.0. The van der Waals surface area contributed by atoms with Gasteiger partial charge in [0.25, 0.3) is 0 Å². The van der Waals surface area contributed by atoms with E-state index in [1.165, 1.54) is 24.3 Å². The number of nitrogens with two attached hydrogens (primary N) is 1. The van der Waals surface area contributed by atoms with Gasteiger partial charge in [-0.3, -0.25) is 10.00 Å². The molecule has 1 aliphatic heterocycles. The van der Waals surface area contributed by atoms with Crippen molar-refractivity contribution >= 4 is 34.5 Å². The summed E-state index contributed by atoms with van der Waals surface area (Å²) in [7, 11) is 3.54. The number of carbonyl (C=O) groups is 3. The fourth-order valence-electron chi connectivity index (χ4n) is 4.22. The van der Waals surface area contributed by atoms with Gasteiger partial charge >= 0.3 is 17.9 Å². The van der Waals surface area contributed by atoms with Gasteiger partial charge in [-0.1, -0.05) is 30.3 Å². The number of carbonyl (C=O) groups excluding carboxylic acids is 3. The second-order valence-corrected chi connectivity index (χ2v) is 7.65. The SMILES string of the molecule is COC(=O)C1=C(C(=O)OC)N(c2cc(C(=O)OC)c3[nH]ncc3c2)C(N)=C(C#N)C1c1ccccc1. The Morgan fingerprint density at radius 2 is 1.69 bits per heavy atom. The lowest BCUT2D eigenvalue weighted by molar-refractivity contribution is -0.139. The van der Waals surface area contributed by atoms with Crippen LogP contribution in [0.5, 0.6) is 0 Å². The lowest BCUT2D eigenvalue weighted by Crippen LogP contribution is -2.40. The van der Waals surface area contributed by atoms with Gasteiger partial charge in [0.15, 0.2) is 0 Å². The molecule has 36 heavy (non-hydrogen) atoms. The van der Waals surface area contributed by atoms with E-state index in [4.69, 9.17) is 19.9 Å². The molecule has 1 unspecified atom stereocenters. The Hall–Kier alpha value is -5.11. The maximum Gasteiger partial charge on any atom is 0.355 e. The molecule has 0 radical (unpaired) electrons. The number of hydrogen-bond acceptors (Lipinski definition) is 10. The Kier molecular flexibility index (Phi) is 6.43. The van der Waals surface area contributed by atoms with Crippen LogP contribution in [0.4, 0.5) is 5.69 Å². The minimum absolute atomic E-state index is 0.00108. The van der Waals surface area contributed by atoms with Crippen LogP contribution in [0.3, 0.4) is 0 Å². The molecule has 3 aromatic rings. The summed E-state index contributed by atoms with van der Waals surface area (Å²) in [5.41, 5.74) is 7.34. The van der Waals surface area contributed by atoms with E-state index >= 15 is 0 Å². The standard InChI is InChI=1S/C25H21N5O6/c1-34-23(31)16-10-15(9-14-12-28-29-20(14)16)30-21(25(33)36-3)19(24(32)35-2)18(17(11-26)22(30)27)13-7-5-4-6-8-13/h4-10,12,18H,27H2,1-3H3,(H,28,29). The zero-order chi connectivity index (χ0) is 26.0. The number of fused-ring (bicyclic) bond motifs is 1. The molecule has 0 aliphatic carbocycles. The molecule has 2 aromatic carbocycles. The van der Waals surface area contributed by atoms with Gasteiger partial charge in [0.05, 0.1) is 61.7 Å². The quantitative estimate of drug-likeness (QED) is 0.403. The second-order valence-electron chi connectivity index (χ2n) is 7.65. The number of hydrogen-bond donors (Lipinski definition) is 2. The van der Waals surface area contributed by atoms with Crippen LogP contribution in [-0.4, -0.2) is 49.4 Å². The van der Waals surface area contributed by atoms with Gasteiger partial charge < -0.3 is 19.9 Å². The van der Waals surface area contributed by atoms with E-state index in [1.807, 2.05) is 0 Å².